The van der Waals surface area contributed by atoms with Crippen LogP contribution >= 0.6 is 0 Å². The van der Waals surface area contributed by atoms with E-state index >= 15 is 0 Å². The Kier molecular flexibility index (Phi) is 5.09. The second kappa shape index (κ2) is 7.34. The lowest BCUT2D eigenvalue weighted by Crippen LogP contribution is -2.55. The number of hydrogen-bond acceptors (Lipinski definition) is 10. The first kappa shape index (κ1) is 20.8. The first-order valence-corrected chi connectivity index (χ1v) is 9.63. The number of allylic oxidation sites excluding steroid dienone is 2. The molecule has 3 aliphatic heterocycles. The van der Waals surface area contributed by atoms with Crippen molar-refractivity contribution in [1.82, 2.24) is 10.2 Å². The highest BCUT2D eigenvalue weighted by Gasteiger charge is 2.72. The van der Waals surface area contributed by atoms with Crippen LogP contribution in [0.2, 0.25) is 0 Å². The van der Waals surface area contributed by atoms with Crippen LogP contribution in [0.25, 0.3) is 0 Å². The molecule has 5 atom stereocenters. The standard InChI is InChI=1S/C19H25N3O8/c1-8-14(24)13-12(15(25)16(8)29-6-9(23)5-27-2)10(7-30-18(20)26)19(28-3)17-11(21-17)4-22(13)19/h9-11,17,21,23H,4-7H2,1-3H3,(H2,20,26)/t9?,10?,11?,17?,19-/m1/s1. The number of methoxy groups -OCH3 is 2. The number of aliphatic hydroxyl groups is 1. The number of ketones is 2. The molecule has 0 bridgehead atoms. The van der Waals surface area contributed by atoms with Crippen molar-refractivity contribution in [3.05, 3.63) is 22.6 Å². The maximum Gasteiger partial charge on any atom is 0.404 e. The third-order valence-corrected chi connectivity index (χ3v) is 6.15. The van der Waals surface area contributed by atoms with E-state index in [-0.39, 0.29) is 60.3 Å². The Morgan fingerprint density at radius 2 is 2.07 bits per heavy atom. The van der Waals surface area contributed by atoms with Gasteiger partial charge in [-0.1, -0.05) is 0 Å². The number of rotatable bonds is 8. The smallest absolute Gasteiger partial charge is 0.404 e. The minimum absolute atomic E-state index is 0.0206. The molecule has 2 saturated heterocycles. The Labute approximate surface area is 172 Å². The molecule has 1 amide bonds. The van der Waals surface area contributed by atoms with E-state index in [9.17, 15) is 19.5 Å². The predicted octanol–water partition coefficient (Wildman–Crippen LogP) is -1.59. The summed E-state index contributed by atoms with van der Waals surface area (Å²) in [5.41, 5.74) is 4.69. The van der Waals surface area contributed by atoms with Crippen LogP contribution in [-0.2, 0) is 28.5 Å². The number of hydrogen-bond donors (Lipinski definition) is 3. The van der Waals surface area contributed by atoms with E-state index < -0.39 is 29.6 Å². The number of nitrogens with zero attached hydrogens (tertiary/aromatic N) is 1. The summed E-state index contributed by atoms with van der Waals surface area (Å²) in [5.74, 6) is -1.72. The summed E-state index contributed by atoms with van der Waals surface area (Å²) in [6.45, 7) is 1.59. The van der Waals surface area contributed by atoms with Gasteiger partial charge in [0, 0.05) is 38.0 Å². The fourth-order valence-electron chi connectivity index (χ4n) is 4.86. The molecule has 11 nitrogen and oxygen atoms in total. The van der Waals surface area contributed by atoms with Crippen LogP contribution in [0.3, 0.4) is 0 Å². The molecule has 0 aromatic carbocycles. The molecule has 11 heteroatoms. The number of carbonyl (C=O) groups excluding carboxylic acids is 3. The van der Waals surface area contributed by atoms with Gasteiger partial charge in [-0.05, 0) is 6.92 Å². The average molecular weight is 423 g/mol. The molecule has 2 fully saturated rings. The molecule has 4 unspecified atom stereocenters. The van der Waals surface area contributed by atoms with Gasteiger partial charge < -0.3 is 40.0 Å². The zero-order valence-electron chi connectivity index (χ0n) is 17.0. The van der Waals surface area contributed by atoms with Crippen molar-refractivity contribution in [1.29, 1.82) is 0 Å². The van der Waals surface area contributed by atoms with Crippen LogP contribution in [-0.4, -0.2) is 92.2 Å². The number of amides is 1. The van der Waals surface area contributed by atoms with E-state index in [0.29, 0.717) is 6.54 Å². The first-order valence-electron chi connectivity index (χ1n) is 9.63. The number of nitrogens with two attached hydrogens (primary N) is 1. The number of fused-ring (bicyclic) bond motifs is 4. The number of piperazine rings is 1. The summed E-state index contributed by atoms with van der Waals surface area (Å²) in [6.07, 6.45) is -1.95. The SMILES string of the molecule is COCC(O)COC1=C(C)C(=O)C2=C(C1=O)C(COC(N)=O)[C@@]1(OC)C3NC3CN21. The molecular weight excluding hydrogens is 398 g/mol. The zero-order valence-corrected chi connectivity index (χ0v) is 17.0. The van der Waals surface area contributed by atoms with Gasteiger partial charge in [-0.25, -0.2) is 4.79 Å². The van der Waals surface area contributed by atoms with Gasteiger partial charge in [-0.3, -0.25) is 9.59 Å². The van der Waals surface area contributed by atoms with E-state index in [4.69, 9.17) is 24.7 Å². The largest absolute Gasteiger partial charge is 0.486 e. The van der Waals surface area contributed by atoms with E-state index in [1.54, 1.807) is 4.90 Å². The van der Waals surface area contributed by atoms with Gasteiger partial charge >= 0.3 is 6.09 Å². The topological polar surface area (TPSA) is 160 Å². The molecule has 0 aromatic heterocycles. The summed E-state index contributed by atoms with van der Waals surface area (Å²) in [5, 5.41) is 13.2. The average Bonchev–Trinajstić information content (AvgIpc) is 3.31. The number of ether oxygens (including phenoxy) is 4. The summed E-state index contributed by atoms with van der Waals surface area (Å²) in [6, 6.07) is -0.00696. The van der Waals surface area contributed by atoms with Gasteiger partial charge in [0.2, 0.25) is 11.6 Å². The molecule has 0 aromatic rings. The Morgan fingerprint density at radius 1 is 1.33 bits per heavy atom. The molecule has 1 aliphatic carbocycles. The molecule has 4 N–H and O–H groups in total. The van der Waals surface area contributed by atoms with Gasteiger partial charge in [0.25, 0.3) is 0 Å². The van der Waals surface area contributed by atoms with E-state index in [2.05, 4.69) is 5.32 Å². The van der Waals surface area contributed by atoms with Crippen molar-refractivity contribution in [3.8, 4) is 0 Å². The molecule has 4 rings (SSSR count). The second-order valence-electron chi connectivity index (χ2n) is 7.79. The van der Waals surface area contributed by atoms with Gasteiger partial charge in [0.05, 0.1) is 24.3 Å². The molecule has 3 heterocycles. The number of aliphatic hydroxyl groups excluding tert-OH is 1. The minimum Gasteiger partial charge on any atom is -0.486 e. The lowest BCUT2D eigenvalue weighted by atomic mass is 9.83. The number of primary amides is 1. The summed E-state index contributed by atoms with van der Waals surface area (Å²) in [4.78, 5) is 39.7. The zero-order chi connectivity index (χ0) is 21.8. The second-order valence-corrected chi connectivity index (χ2v) is 7.79. The highest BCUT2D eigenvalue weighted by molar-refractivity contribution is 6.25. The Balaban J connectivity index is 1.69. The molecular formula is C19H25N3O8. The van der Waals surface area contributed by atoms with Crippen LogP contribution in [0.4, 0.5) is 4.79 Å². The predicted molar refractivity (Wildman–Crippen MR) is 99.8 cm³/mol. The third kappa shape index (κ3) is 2.84. The maximum absolute atomic E-state index is 13.4. The number of Topliss-reactive ketones (excluding diaryl/α,β-unsaturated/α-hetero) is 2. The Morgan fingerprint density at radius 3 is 2.70 bits per heavy atom. The van der Waals surface area contributed by atoms with E-state index in [1.807, 2.05) is 0 Å². The van der Waals surface area contributed by atoms with E-state index in [0.717, 1.165) is 0 Å². The normalized spacial score (nSPS) is 32.8. The molecule has 0 saturated carbocycles. The van der Waals surface area contributed by atoms with Crippen LogP contribution in [0.15, 0.2) is 22.6 Å². The monoisotopic (exact) mass is 423 g/mol. The quantitative estimate of drug-likeness (QED) is 0.307. The van der Waals surface area contributed by atoms with Crippen LogP contribution < -0.4 is 11.1 Å². The highest BCUT2D eigenvalue weighted by atomic mass is 16.6. The molecule has 164 valence electrons. The summed E-state index contributed by atoms with van der Waals surface area (Å²) >= 11 is 0. The van der Waals surface area contributed by atoms with Crippen molar-refractivity contribution in [2.75, 3.05) is 40.6 Å². The van der Waals surface area contributed by atoms with Crippen molar-refractivity contribution >= 4 is 17.7 Å². The Hall–Kier alpha value is -2.47. The minimum atomic E-state index is -1.04. The van der Waals surface area contributed by atoms with Crippen molar-refractivity contribution < 1.29 is 38.4 Å². The van der Waals surface area contributed by atoms with E-state index in [1.165, 1.54) is 21.1 Å². The molecule has 0 spiro atoms. The summed E-state index contributed by atoms with van der Waals surface area (Å²) in [7, 11) is 2.93. The number of nitrogens with one attached hydrogen (secondary N) is 1. The number of carbonyl (C=O) groups is 3. The van der Waals surface area contributed by atoms with Gasteiger partial charge in [0.1, 0.15) is 19.3 Å². The lowest BCUT2D eigenvalue weighted by Gasteiger charge is -2.39. The van der Waals surface area contributed by atoms with Gasteiger partial charge in [-0.2, -0.15) is 0 Å². The van der Waals surface area contributed by atoms with Crippen molar-refractivity contribution in [3.63, 3.8) is 0 Å². The van der Waals surface area contributed by atoms with Crippen LogP contribution in [0, 0.1) is 5.92 Å². The van der Waals surface area contributed by atoms with Gasteiger partial charge in [0.15, 0.2) is 11.5 Å². The third-order valence-electron chi connectivity index (χ3n) is 6.15. The fourth-order valence-corrected chi connectivity index (χ4v) is 4.86. The Bertz CT molecular complexity index is 868. The first-order chi connectivity index (χ1) is 14.3. The molecule has 30 heavy (non-hydrogen) atoms. The summed E-state index contributed by atoms with van der Waals surface area (Å²) < 4.78 is 21.3. The van der Waals surface area contributed by atoms with Crippen molar-refractivity contribution in [2.24, 2.45) is 11.7 Å². The molecule has 0 radical (unpaired) electrons. The maximum atomic E-state index is 13.4. The van der Waals surface area contributed by atoms with Gasteiger partial charge in [-0.15, -0.1) is 0 Å². The molecule has 4 aliphatic rings. The van der Waals surface area contributed by atoms with Crippen LogP contribution in [0.5, 0.6) is 0 Å². The highest BCUT2D eigenvalue weighted by Crippen LogP contribution is 2.55. The van der Waals surface area contributed by atoms with Crippen LogP contribution in [0.1, 0.15) is 6.92 Å². The van der Waals surface area contributed by atoms with Crippen molar-refractivity contribution in [2.45, 2.75) is 30.8 Å². The fraction of sp³-hybridized carbons (Fsp3) is 0.632. The lowest BCUT2D eigenvalue weighted by molar-refractivity contribution is -0.137.